The first-order valence-corrected chi connectivity index (χ1v) is 29.6. The molecule has 13 rings (SSSR count). The zero-order valence-corrected chi connectivity index (χ0v) is 49.0. The molecule has 0 aliphatic carbocycles. The van der Waals surface area contributed by atoms with Crippen molar-refractivity contribution in [1.29, 1.82) is 0 Å². The third-order valence-electron chi connectivity index (χ3n) is 13.9. The number of carbonyl (C=O) groups is 3. The fourth-order valence-corrected chi connectivity index (χ4v) is 12.6. The molecule has 7 aromatic carbocycles. The average molecular weight is 1260 g/mol. The van der Waals surface area contributed by atoms with Crippen molar-refractivity contribution in [2.45, 2.75) is 45.0 Å². The summed E-state index contributed by atoms with van der Waals surface area (Å²) in [5.41, 5.74) is 6.10. The van der Waals surface area contributed by atoms with E-state index in [2.05, 4.69) is 15.0 Å². The first-order valence-electron chi connectivity index (χ1n) is 26.2. The quantitative estimate of drug-likeness (QED) is 0.128. The highest BCUT2D eigenvalue weighted by molar-refractivity contribution is 7.17. The fourth-order valence-electron chi connectivity index (χ4n) is 9.78. The average Bonchev–Trinajstić information content (AvgIpc) is 1.86. The van der Waals surface area contributed by atoms with E-state index < -0.39 is 23.6 Å². The van der Waals surface area contributed by atoms with Crippen molar-refractivity contribution in [2.75, 3.05) is 14.7 Å². The molecule has 0 fully saturated rings. The number of hydrogen-bond acceptors (Lipinski definition) is 9. The number of nitrogens with zero attached hydrogens (tertiary/aromatic N) is 6. The second kappa shape index (κ2) is 24.1. The summed E-state index contributed by atoms with van der Waals surface area (Å²) in [6.07, 6.45) is -4.49. The van der Waals surface area contributed by atoms with Crippen LogP contribution in [0.2, 0.25) is 9.36 Å². The van der Waals surface area contributed by atoms with Crippen molar-refractivity contribution in [3.05, 3.63) is 251 Å². The number of amides is 3. The van der Waals surface area contributed by atoms with Gasteiger partial charge in [0.2, 0.25) is 0 Å². The van der Waals surface area contributed by atoms with Gasteiger partial charge in [0.05, 0.1) is 62.8 Å². The summed E-state index contributed by atoms with van der Waals surface area (Å²) in [6, 6.07) is 49.2. The summed E-state index contributed by atoms with van der Waals surface area (Å²) < 4.78 is 95.4. The van der Waals surface area contributed by atoms with Crippen LogP contribution in [0.1, 0.15) is 57.7 Å². The molecular formula is C65H43Cl2F7N6O3S3. The van der Waals surface area contributed by atoms with Gasteiger partial charge in [0.15, 0.2) is 0 Å². The molecule has 0 bridgehead atoms. The standard InChI is InChI=1S/C24H14ClF3N2OS.C21H15ClF2N2OS.C20H14F2N2OS/c25-16-8-9-21-19(11-16)14(13-32-21)12-30-20-7-2-1-6-18(20)22(23(30)31)29-17-5-3-4-15(10-17)24(26,27)28;1-21(23,24)13-5-4-6-14(11-13)25-19-16-7-2-3-8-17(16)26(20(19)27)12-15-9-10-18(22)28-15;1-20(21,22)13-5-4-6-14(11-13)23-18-16-7-2-3-8-17(16)24(19(18)25)15-9-10-26-12-15/h1-11,13H,12H2;2-11H,12H2,1H3;2-12H,1H3. The number of hydrogen-bond donors (Lipinski definition) is 0. The predicted molar refractivity (Wildman–Crippen MR) is 331 cm³/mol. The van der Waals surface area contributed by atoms with Crippen LogP contribution in [-0.4, -0.2) is 34.9 Å². The fraction of sp³-hybridized carbons (Fsp3) is 0.108. The maximum Gasteiger partial charge on any atom is 0.416 e. The summed E-state index contributed by atoms with van der Waals surface area (Å²) in [4.78, 5) is 58.3. The van der Waals surface area contributed by atoms with Crippen molar-refractivity contribution >= 4 is 142 Å². The molecule has 3 aromatic heterocycles. The Kier molecular flexibility index (Phi) is 16.5. The van der Waals surface area contributed by atoms with Crippen LogP contribution in [0.3, 0.4) is 0 Å². The van der Waals surface area contributed by atoms with Crippen LogP contribution in [0.4, 0.5) is 70.5 Å². The van der Waals surface area contributed by atoms with Gasteiger partial charge in [-0.2, -0.15) is 24.5 Å². The van der Waals surface area contributed by atoms with Crippen molar-refractivity contribution in [3.63, 3.8) is 0 Å². The van der Waals surface area contributed by atoms with Gasteiger partial charge in [-0.25, -0.2) is 32.5 Å². The van der Waals surface area contributed by atoms with Crippen molar-refractivity contribution < 1.29 is 45.1 Å². The summed E-state index contributed by atoms with van der Waals surface area (Å²) in [6.45, 7) is 2.36. The Morgan fingerprint density at radius 3 is 1.48 bits per heavy atom. The SMILES string of the molecule is CC(F)(F)c1cccc(N=C2C(=O)N(Cc3ccc(Cl)s3)c3ccccc32)c1.CC(F)(F)c1cccc(N=C2C(=O)N(c3ccsc3)c3ccccc32)c1.O=C1C(=Nc2cccc(C(F)(F)F)c2)c2ccccc2N1Cc1csc2ccc(Cl)cc12. The number of rotatable bonds is 10. The van der Waals surface area contributed by atoms with Crippen molar-refractivity contribution in [1.82, 2.24) is 0 Å². The smallest absolute Gasteiger partial charge is 0.302 e. The van der Waals surface area contributed by atoms with Crippen LogP contribution in [0.15, 0.2) is 213 Å². The first-order chi connectivity index (χ1) is 41.1. The zero-order chi connectivity index (χ0) is 60.7. The number of thiophene rings is 3. The van der Waals surface area contributed by atoms with E-state index in [0.717, 1.165) is 63.6 Å². The first kappa shape index (κ1) is 59.2. The van der Waals surface area contributed by atoms with E-state index in [1.165, 1.54) is 71.2 Å². The normalized spacial score (nSPS) is 15.3. The molecule has 0 atom stereocenters. The molecule has 3 aliphatic rings. The second-order valence-electron chi connectivity index (χ2n) is 19.9. The Labute approximate surface area is 509 Å². The van der Waals surface area contributed by atoms with E-state index in [4.69, 9.17) is 23.2 Å². The molecular weight excluding hydrogens is 1210 g/mol. The lowest BCUT2D eigenvalue weighted by Gasteiger charge is -2.16. The van der Waals surface area contributed by atoms with Crippen LogP contribution < -0.4 is 14.7 Å². The molecule has 432 valence electrons. The Hall–Kier alpha value is -8.59. The number of carbonyl (C=O) groups excluding carboxylic acids is 3. The van der Waals surface area contributed by atoms with Gasteiger partial charge >= 0.3 is 6.18 Å². The Bertz CT molecular complexity index is 4360. The molecule has 3 amide bonds. The molecule has 0 radical (unpaired) electrons. The number of benzene rings is 7. The van der Waals surface area contributed by atoms with E-state index >= 15 is 0 Å². The van der Waals surface area contributed by atoms with Crippen LogP contribution >= 0.6 is 57.2 Å². The Morgan fingerprint density at radius 1 is 0.488 bits per heavy atom. The molecule has 0 saturated carbocycles. The molecule has 10 aromatic rings. The van der Waals surface area contributed by atoms with Crippen LogP contribution in [0, 0.1) is 0 Å². The molecule has 0 saturated heterocycles. The summed E-state index contributed by atoms with van der Waals surface area (Å²) in [5, 5.41) is 7.34. The van der Waals surface area contributed by atoms with Gasteiger partial charge in [-0.05, 0) is 119 Å². The highest BCUT2D eigenvalue weighted by Crippen LogP contribution is 2.41. The minimum atomic E-state index is -4.49. The summed E-state index contributed by atoms with van der Waals surface area (Å²) >= 11 is 16.6. The van der Waals surface area contributed by atoms with E-state index in [9.17, 15) is 45.1 Å². The highest BCUT2D eigenvalue weighted by atomic mass is 35.5. The predicted octanol–water partition coefficient (Wildman–Crippen LogP) is 19.1. The third kappa shape index (κ3) is 12.5. The van der Waals surface area contributed by atoms with Crippen LogP contribution in [0.5, 0.6) is 0 Å². The Balaban J connectivity index is 0.000000135. The second-order valence-corrected chi connectivity index (χ2v) is 23.8. The zero-order valence-electron chi connectivity index (χ0n) is 45.0. The monoisotopic (exact) mass is 1250 g/mol. The van der Waals surface area contributed by atoms with E-state index in [1.54, 1.807) is 56.4 Å². The van der Waals surface area contributed by atoms with Gasteiger partial charge in [0, 0.05) is 61.6 Å². The molecule has 3 aliphatic heterocycles. The number of alkyl halides is 7. The van der Waals surface area contributed by atoms with Gasteiger partial charge in [-0.15, -0.1) is 22.7 Å². The van der Waals surface area contributed by atoms with Crippen LogP contribution in [-0.2, 0) is 45.5 Å². The van der Waals surface area contributed by atoms with Crippen molar-refractivity contribution in [2.24, 2.45) is 15.0 Å². The lowest BCUT2D eigenvalue weighted by atomic mass is 10.1. The molecule has 9 nitrogen and oxygen atoms in total. The van der Waals surface area contributed by atoms with Gasteiger partial charge in [-0.1, -0.05) is 108 Å². The number of para-hydroxylation sites is 3. The molecule has 21 heteroatoms. The van der Waals surface area contributed by atoms with E-state index in [-0.39, 0.29) is 51.7 Å². The summed E-state index contributed by atoms with van der Waals surface area (Å²) in [5.74, 6) is -6.82. The molecule has 6 heterocycles. The lowest BCUT2D eigenvalue weighted by Crippen LogP contribution is -2.29. The number of aliphatic imine (C=N–C) groups is 3. The Morgan fingerprint density at radius 2 is 0.977 bits per heavy atom. The minimum absolute atomic E-state index is 0.0765. The maximum atomic E-state index is 13.6. The number of fused-ring (bicyclic) bond motifs is 4. The van der Waals surface area contributed by atoms with Crippen molar-refractivity contribution in [3.8, 4) is 0 Å². The van der Waals surface area contributed by atoms with Gasteiger partial charge in [0.25, 0.3) is 29.6 Å². The molecule has 0 N–H and O–H groups in total. The van der Waals surface area contributed by atoms with E-state index in [1.807, 2.05) is 107 Å². The lowest BCUT2D eigenvalue weighted by molar-refractivity contribution is -0.137. The van der Waals surface area contributed by atoms with E-state index in [0.29, 0.717) is 56.2 Å². The van der Waals surface area contributed by atoms with Crippen LogP contribution in [0.25, 0.3) is 10.1 Å². The number of anilines is 4. The van der Waals surface area contributed by atoms with Gasteiger partial charge in [-0.3, -0.25) is 19.3 Å². The molecule has 86 heavy (non-hydrogen) atoms. The number of halogens is 9. The third-order valence-corrected chi connectivity index (χ3v) is 17.0. The molecule has 0 unspecified atom stereocenters. The topological polar surface area (TPSA) is 98.0 Å². The van der Waals surface area contributed by atoms with Gasteiger partial charge in [0.1, 0.15) is 17.1 Å². The minimum Gasteiger partial charge on any atom is -0.302 e. The maximum absolute atomic E-state index is 13.6. The summed E-state index contributed by atoms with van der Waals surface area (Å²) in [7, 11) is 0. The highest BCUT2D eigenvalue weighted by Gasteiger charge is 2.38. The van der Waals surface area contributed by atoms with Gasteiger partial charge < -0.3 is 9.80 Å². The largest absolute Gasteiger partial charge is 0.416 e. The molecule has 0 spiro atoms.